The van der Waals surface area contributed by atoms with Gasteiger partial charge in [-0.1, -0.05) is 0 Å². The van der Waals surface area contributed by atoms with Gasteiger partial charge < -0.3 is 9.67 Å². The molecule has 1 heterocycles. The summed E-state index contributed by atoms with van der Waals surface area (Å²) in [6.07, 6.45) is 8.48. The van der Waals surface area contributed by atoms with Crippen LogP contribution in [0.1, 0.15) is 31.6 Å². The molecule has 0 radical (unpaired) electrons. The zero-order valence-electron chi connectivity index (χ0n) is 7.90. The van der Waals surface area contributed by atoms with E-state index in [0.717, 1.165) is 25.1 Å². The summed E-state index contributed by atoms with van der Waals surface area (Å²) >= 11 is 0. The molecule has 2 heteroatoms. The number of hydrogen-bond acceptors (Lipinski definition) is 1. The van der Waals surface area contributed by atoms with Crippen LogP contribution in [0.15, 0.2) is 18.3 Å². The van der Waals surface area contributed by atoms with Gasteiger partial charge in [0.25, 0.3) is 0 Å². The van der Waals surface area contributed by atoms with Gasteiger partial charge in [0.1, 0.15) is 0 Å². The Morgan fingerprint density at radius 2 is 2.46 bits per heavy atom. The van der Waals surface area contributed by atoms with Gasteiger partial charge in [0.2, 0.25) is 0 Å². The molecule has 0 aliphatic rings. The Kier molecular flexibility index (Phi) is 3.60. The number of rotatable bonds is 4. The van der Waals surface area contributed by atoms with Crippen molar-refractivity contribution < 1.29 is 5.11 Å². The maximum atomic E-state index is 9.39. The molecular formula is C11H15NO. The van der Waals surface area contributed by atoms with Crippen molar-refractivity contribution in [1.29, 1.82) is 0 Å². The molecule has 0 amide bonds. The van der Waals surface area contributed by atoms with Crippen molar-refractivity contribution in [2.24, 2.45) is 0 Å². The van der Waals surface area contributed by atoms with Crippen LogP contribution in [0.4, 0.5) is 0 Å². The standard InChI is InChI=1S/C11H15NO/c1-3-4-5-8-12-9-6-7-11(12)10(2)13/h1,6-7,9-10,13H,4-5,8H2,2H3. The lowest BCUT2D eigenvalue weighted by Crippen LogP contribution is -2.04. The molecule has 70 valence electrons. The SMILES string of the molecule is C#CCCCn1cccc1C(C)O. The van der Waals surface area contributed by atoms with Gasteiger partial charge in [-0.2, -0.15) is 0 Å². The van der Waals surface area contributed by atoms with E-state index in [1.54, 1.807) is 6.92 Å². The summed E-state index contributed by atoms with van der Waals surface area (Å²) in [6, 6.07) is 3.87. The Hall–Kier alpha value is -1.20. The molecule has 0 aliphatic carbocycles. The van der Waals surface area contributed by atoms with E-state index in [2.05, 4.69) is 5.92 Å². The number of hydrogen-bond donors (Lipinski definition) is 1. The van der Waals surface area contributed by atoms with Gasteiger partial charge in [-0.25, -0.2) is 0 Å². The first-order chi connectivity index (χ1) is 6.25. The minimum atomic E-state index is -0.402. The number of unbranched alkanes of at least 4 members (excludes halogenated alkanes) is 1. The van der Waals surface area contributed by atoms with Crippen molar-refractivity contribution >= 4 is 0 Å². The average Bonchev–Trinajstić information content (AvgIpc) is 2.53. The van der Waals surface area contributed by atoms with Crippen LogP contribution in [0.3, 0.4) is 0 Å². The summed E-state index contributed by atoms with van der Waals surface area (Å²) in [5, 5.41) is 9.39. The van der Waals surface area contributed by atoms with Crippen LogP contribution in [0.25, 0.3) is 0 Å². The minimum absolute atomic E-state index is 0.402. The highest BCUT2D eigenvalue weighted by atomic mass is 16.3. The van der Waals surface area contributed by atoms with Crippen LogP contribution < -0.4 is 0 Å². The zero-order valence-corrected chi connectivity index (χ0v) is 7.90. The van der Waals surface area contributed by atoms with Crippen molar-refractivity contribution in [3.63, 3.8) is 0 Å². The smallest absolute Gasteiger partial charge is 0.0911 e. The second-order valence-electron chi connectivity index (χ2n) is 3.11. The molecule has 0 spiro atoms. The zero-order chi connectivity index (χ0) is 9.68. The summed E-state index contributed by atoms with van der Waals surface area (Å²) < 4.78 is 2.04. The fraction of sp³-hybridized carbons (Fsp3) is 0.455. The van der Waals surface area contributed by atoms with Crippen LogP contribution in [0.2, 0.25) is 0 Å². The number of nitrogens with zero attached hydrogens (tertiary/aromatic N) is 1. The van der Waals surface area contributed by atoms with E-state index in [-0.39, 0.29) is 0 Å². The Morgan fingerprint density at radius 1 is 1.69 bits per heavy atom. The maximum absolute atomic E-state index is 9.39. The molecule has 13 heavy (non-hydrogen) atoms. The number of aliphatic hydroxyl groups is 1. The molecule has 1 rings (SSSR count). The molecule has 1 unspecified atom stereocenters. The van der Waals surface area contributed by atoms with Crippen molar-refractivity contribution in [3.05, 3.63) is 24.0 Å². The molecule has 0 bridgehead atoms. The van der Waals surface area contributed by atoms with E-state index >= 15 is 0 Å². The third-order valence-electron chi connectivity index (χ3n) is 2.01. The fourth-order valence-corrected chi connectivity index (χ4v) is 1.36. The molecule has 1 atom stereocenters. The van der Waals surface area contributed by atoms with Crippen LogP contribution in [-0.2, 0) is 6.54 Å². The predicted octanol–water partition coefficient (Wildman–Crippen LogP) is 1.95. The Balaban J connectivity index is 2.56. The molecule has 0 aromatic carbocycles. The van der Waals surface area contributed by atoms with Crippen LogP contribution in [0.5, 0.6) is 0 Å². The van der Waals surface area contributed by atoms with Gasteiger partial charge in [-0.15, -0.1) is 12.3 Å². The largest absolute Gasteiger partial charge is 0.387 e. The van der Waals surface area contributed by atoms with Gasteiger partial charge in [-0.3, -0.25) is 0 Å². The highest BCUT2D eigenvalue weighted by molar-refractivity contribution is 5.09. The molecule has 2 nitrogen and oxygen atoms in total. The highest BCUT2D eigenvalue weighted by Crippen LogP contribution is 2.13. The summed E-state index contributed by atoms with van der Waals surface area (Å²) in [4.78, 5) is 0. The van der Waals surface area contributed by atoms with E-state index in [4.69, 9.17) is 6.42 Å². The monoisotopic (exact) mass is 177 g/mol. The topological polar surface area (TPSA) is 25.2 Å². The third-order valence-corrected chi connectivity index (χ3v) is 2.01. The Morgan fingerprint density at radius 3 is 3.08 bits per heavy atom. The van der Waals surface area contributed by atoms with Crippen molar-refractivity contribution in [1.82, 2.24) is 4.57 Å². The number of aliphatic hydroxyl groups excluding tert-OH is 1. The number of aryl methyl sites for hydroxylation is 1. The summed E-state index contributed by atoms with van der Waals surface area (Å²) in [5.41, 5.74) is 0.956. The fourth-order valence-electron chi connectivity index (χ4n) is 1.36. The van der Waals surface area contributed by atoms with Gasteiger partial charge in [-0.05, 0) is 25.5 Å². The first kappa shape index (κ1) is 9.88. The third kappa shape index (κ3) is 2.64. The lowest BCUT2D eigenvalue weighted by Gasteiger charge is -2.09. The van der Waals surface area contributed by atoms with Crippen LogP contribution in [0, 0.1) is 12.3 Å². The second kappa shape index (κ2) is 4.74. The van der Waals surface area contributed by atoms with Crippen molar-refractivity contribution in [2.45, 2.75) is 32.4 Å². The molecule has 1 aromatic heterocycles. The first-order valence-corrected chi connectivity index (χ1v) is 4.52. The van der Waals surface area contributed by atoms with Crippen molar-refractivity contribution in [3.8, 4) is 12.3 Å². The number of terminal acetylenes is 1. The van der Waals surface area contributed by atoms with E-state index in [1.165, 1.54) is 0 Å². The van der Waals surface area contributed by atoms with Gasteiger partial charge in [0.05, 0.1) is 6.10 Å². The van der Waals surface area contributed by atoms with E-state index in [9.17, 15) is 5.11 Å². The van der Waals surface area contributed by atoms with Gasteiger partial charge in [0, 0.05) is 24.9 Å². The summed E-state index contributed by atoms with van der Waals surface area (Å²) in [7, 11) is 0. The Bertz CT molecular complexity index is 293. The molecule has 0 saturated heterocycles. The molecular weight excluding hydrogens is 162 g/mol. The second-order valence-corrected chi connectivity index (χ2v) is 3.11. The predicted molar refractivity (Wildman–Crippen MR) is 53.1 cm³/mol. The molecule has 0 aliphatic heterocycles. The average molecular weight is 177 g/mol. The van der Waals surface area contributed by atoms with E-state index in [0.29, 0.717) is 0 Å². The number of aromatic nitrogens is 1. The maximum Gasteiger partial charge on any atom is 0.0911 e. The lowest BCUT2D eigenvalue weighted by molar-refractivity contribution is 0.189. The van der Waals surface area contributed by atoms with Gasteiger partial charge >= 0.3 is 0 Å². The molecule has 1 aromatic rings. The first-order valence-electron chi connectivity index (χ1n) is 4.52. The summed E-state index contributed by atoms with van der Waals surface area (Å²) in [6.45, 7) is 2.66. The lowest BCUT2D eigenvalue weighted by atomic mass is 10.2. The van der Waals surface area contributed by atoms with Crippen LogP contribution in [-0.4, -0.2) is 9.67 Å². The van der Waals surface area contributed by atoms with Crippen LogP contribution >= 0.6 is 0 Å². The molecule has 1 N–H and O–H groups in total. The highest BCUT2D eigenvalue weighted by Gasteiger charge is 2.05. The van der Waals surface area contributed by atoms with Gasteiger partial charge in [0.15, 0.2) is 0 Å². The normalized spacial score (nSPS) is 12.4. The molecule has 0 saturated carbocycles. The molecule has 0 fully saturated rings. The quantitative estimate of drug-likeness (QED) is 0.552. The Labute approximate surface area is 79.2 Å². The van der Waals surface area contributed by atoms with E-state index < -0.39 is 6.10 Å². The van der Waals surface area contributed by atoms with E-state index in [1.807, 2.05) is 22.9 Å². The summed E-state index contributed by atoms with van der Waals surface area (Å²) in [5.74, 6) is 2.60. The van der Waals surface area contributed by atoms with Crippen molar-refractivity contribution in [2.75, 3.05) is 0 Å². The minimum Gasteiger partial charge on any atom is -0.387 e.